The second-order valence-electron chi connectivity index (χ2n) is 7.02. The van der Waals surface area contributed by atoms with Gasteiger partial charge in [-0.1, -0.05) is 31.5 Å². The van der Waals surface area contributed by atoms with Gasteiger partial charge in [0.2, 0.25) is 0 Å². The first-order valence-electron chi connectivity index (χ1n) is 8.34. The molecule has 1 saturated heterocycles. The molecule has 0 spiro atoms. The van der Waals surface area contributed by atoms with Gasteiger partial charge in [-0.15, -0.1) is 0 Å². The van der Waals surface area contributed by atoms with Crippen molar-refractivity contribution in [2.45, 2.75) is 39.2 Å². The molecule has 138 valence electrons. The number of piperidine rings is 1. The van der Waals surface area contributed by atoms with Crippen molar-refractivity contribution in [2.75, 3.05) is 13.1 Å². The smallest absolute Gasteiger partial charge is 0.314 e. The molecule has 0 unspecified atom stereocenters. The maximum atomic E-state index is 14.0. The number of hydrogen-bond donors (Lipinski definition) is 2. The van der Waals surface area contributed by atoms with Gasteiger partial charge in [0.25, 0.3) is 5.91 Å². The summed E-state index contributed by atoms with van der Waals surface area (Å²) in [6.07, 6.45) is -0.0758. The number of rotatable bonds is 5. The van der Waals surface area contributed by atoms with Crippen LogP contribution in [-0.2, 0) is 4.79 Å². The highest BCUT2D eigenvalue weighted by atomic mass is 35.5. The lowest BCUT2D eigenvalue weighted by Gasteiger charge is -2.43. The average Bonchev–Trinajstić information content (AvgIpc) is 2.53. The summed E-state index contributed by atoms with van der Waals surface area (Å²) >= 11 is 5.96. The summed E-state index contributed by atoms with van der Waals surface area (Å²) in [6, 6.07) is 3.96. The van der Waals surface area contributed by atoms with E-state index in [9.17, 15) is 24.2 Å². The Balaban J connectivity index is 2.31. The Kier molecular flexibility index (Phi) is 6.06. The third-order valence-electron chi connectivity index (χ3n) is 4.84. The van der Waals surface area contributed by atoms with Gasteiger partial charge in [0.1, 0.15) is 11.2 Å². The number of nitrogens with zero attached hydrogens (tertiary/aromatic N) is 1. The van der Waals surface area contributed by atoms with E-state index in [1.165, 1.54) is 17.0 Å². The molecule has 2 N–H and O–H groups in total. The molecule has 1 aromatic carbocycles. The Bertz CT molecular complexity index is 646. The maximum absolute atomic E-state index is 14.0. The predicted molar refractivity (Wildman–Crippen MR) is 92.1 cm³/mol. The summed E-state index contributed by atoms with van der Waals surface area (Å²) in [5.74, 6) is -2.27. The van der Waals surface area contributed by atoms with Crippen molar-refractivity contribution in [2.24, 2.45) is 11.3 Å². The molecule has 0 aromatic heterocycles. The third kappa shape index (κ3) is 3.96. The molecule has 1 heterocycles. The number of carbonyl (C=O) groups is 2. The van der Waals surface area contributed by atoms with E-state index in [2.05, 4.69) is 0 Å². The minimum absolute atomic E-state index is 0.0146. The van der Waals surface area contributed by atoms with Gasteiger partial charge in [-0.2, -0.15) is 0 Å². The fraction of sp³-hybridized carbons (Fsp3) is 0.556. The molecule has 1 aromatic rings. The number of aliphatic hydroxyl groups excluding tert-OH is 1. The zero-order chi connectivity index (χ0) is 18.8. The van der Waals surface area contributed by atoms with Gasteiger partial charge in [-0.05, 0) is 37.3 Å². The topological polar surface area (TPSA) is 77.8 Å². The summed E-state index contributed by atoms with van der Waals surface area (Å²) in [7, 11) is 0. The number of carboxylic acid groups (broad SMARTS) is 1. The molecular weight excluding hydrogens is 349 g/mol. The number of carbonyl (C=O) groups excluding carboxylic acids is 1. The Labute approximate surface area is 151 Å². The number of halogens is 2. The Morgan fingerprint density at radius 2 is 2.12 bits per heavy atom. The number of amides is 1. The molecule has 0 saturated carbocycles. The van der Waals surface area contributed by atoms with Crippen LogP contribution in [0.2, 0.25) is 5.02 Å². The first-order chi connectivity index (χ1) is 11.7. The van der Waals surface area contributed by atoms with Crippen LogP contribution in [0.15, 0.2) is 18.2 Å². The van der Waals surface area contributed by atoms with E-state index in [0.717, 1.165) is 6.07 Å². The SMILES string of the molecule is CC(C)CC[C@@]1(C(=O)O)CN(C(=O)c2c(F)cccc2Cl)CC[C@H]1O. The van der Waals surface area contributed by atoms with Crippen LogP contribution in [-0.4, -0.2) is 46.2 Å². The highest BCUT2D eigenvalue weighted by Gasteiger charge is 2.50. The van der Waals surface area contributed by atoms with Gasteiger partial charge in [-0.25, -0.2) is 4.39 Å². The Morgan fingerprint density at radius 1 is 1.44 bits per heavy atom. The number of carboxylic acids is 1. The Hall–Kier alpha value is -1.66. The van der Waals surface area contributed by atoms with Gasteiger partial charge in [0.05, 0.1) is 16.7 Å². The van der Waals surface area contributed by atoms with Crippen LogP contribution in [0.1, 0.15) is 43.5 Å². The summed E-state index contributed by atoms with van der Waals surface area (Å²) in [6.45, 7) is 3.92. The zero-order valence-corrected chi connectivity index (χ0v) is 15.1. The van der Waals surface area contributed by atoms with E-state index in [4.69, 9.17) is 11.6 Å². The number of likely N-dealkylation sites (tertiary alicyclic amines) is 1. The maximum Gasteiger partial charge on any atom is 0.314 e. The standard InChI is InChI=1S/C18H23ClFNO4/c1-11(2)6-8-18(17(24)25)10-21(9-7-14(18)22)16(23)15-12(19)4-3-5-13(15)20/h3-5,11,14,22H,6-10H2,1-2H3,(H,24,25)/t14-,18-/m1/s1. The summed E-state index contributed by atoms with van der Waals surface area (Å²) < 4.78 is 14.0. The van der Waals surface area contributed by atoms with E-state index in [1.807, 2.05) is 13.8 Å². The van der Waals surface area contributed by atoms with Gasteiger partial charge >= 0.3 is 5.97 Å². The lowest BCUT2D eigenvalue weighted by Crippen LogP contribution is -2.57. The molecule has 25 heavy (non-hydrogen) atoms. The van der Waals surface area contributed by atoms with E-state index in [0.29, 0.717) is 6.42 Å². The lowest BCUT2D eigenvalue weighted by atomic mass is 9.72. The first kappa shape index (κ1) is 19.7. The van der Waals surface area contributed by atoms with Gasteiger partial charge in [0, 0.05) is 13.1 Å². The Morgan fingerprint density at radius 3 is 2.68 bits per heavy atom. The molecule has 0 radical (unpaired) electrons. The van der Waals surface area contributed by atoms with Crippen LogP contribution < -0.4 is 0 Å². The number of aliphatic carboxylic acids is 1. The van der Waals surface area contributed by atoms with Crippen molar-refractivity contribution in [3.63, 3.8) is 0 Å². The quantitative estimate of drug-likeness (QED) is 0.833. The fourth-order valence-electron chi connectivity index (χ4n) is 3.22. The predicted octanol–water partition coefficient (Wildman–Crippen LogP) is 3.19. The summed E-state index contributed by atoms with van der Waals surface area (Å²) in [5, 5.41) is 20.1. The molecule has 2 rings (SSSR count). The van der Waals surface area contributed by atoms with Crippen molar-refractivity contribution in [1.29, 1.82) is 0 Å². The molecule has 1 aliphatic rings. The number of hydrogen-bond acceptors (Lipinski definition) is 3. The van der Waals surface area contributed by atoms with Gasteiger partial charge < -0.3 is 15.1 Å². The normalized spacial score (nSPS) is 23.8. The van der Waals surface area contributed by atoms with Crippen LogP contribution in [0.25, 0.3) is 0 Å². The second-order valence-corrected chi connectivity index (χ2v) is 7.43. The first-order valence-corrected chi connectivity index (χ1v) is 8.71. The van der Waals surface area contributed by atoms with Crippen LogP contribution in [0.4, 0.5) is 4.39 Å². The molecule has 1 aliphatic heterocycles. The third-order valence-corrected chi connectivity index (χ3v) is 5.16. The van der Waals surface area contributed by atoms with E-state index >= 15 is 0 Å². The molecule has 7 heteroatoms. The van der Waals surface area contributed by atoms with Crippen molar-refractivity contribution in [1.82, 2.24) is 4.90 Å². The van der Waals surface area contributed by atoms with Gasteiger partial charge in [-0.3, -0.25) is 9.59 Å². The van der Waals surface area contributed by atoms with E-state index < -0.39 is 29.2 Å². The minimum atomic E-state index is -1.45. The van der Waals surface area contributed by atoms with E-state index in [-0.39, 0.29) is 42.4 Å². The fourth-order valence-corrected chi connectivity index (χ4v) is 3.47. The summed E-state index contributed by atoms with van der Waals surface area (Å²) in [4.78, 5) is 25.9. The van der Waals surface area contributed by atoms with Gasteiger partial charge in [0.15, 0.2) is 0 Å². The molecule has 2 atom stereocenters. The summed E-state index contributed by atoms with van der Waals surface area (Å²) in [5.41, 5.74) is -1.71. The van der Waals surface area contributed by atoms with Crippen molar-refractivity contribution in [3.8, 4) is 0 Å². The van der Waals surface area contributed by atoms with E-state index in [1.54, 1.807) is 0 Å². The van der Waals surface area contributed by atoms with Crippen LogP contribution in [0.5, 0.6) is 0 Å². The molecule has 1 amide bonds. The van der Waals surface area contributed by atoms with Crippen LogP contribution >= 0.6 is 11.6 Å². The largest absolute Gasteiger partial charge is 0.481 e. The molecule has 0 aliphatic carbocycles. The zero-order valence-electron chi connectivity index (χ0n) is 14.3. The highest BCUT2D eigenvalue weighted by Crippen LogP contribution is 2.37. The average molecular weight is 372 g/mol. The monoisotopic (exact) mass is 371 g/mol. The van der Waals surface area contributed by atoms with Crippen molar-refractivity contribution < 1.29 is 24.2 Å². The molecule has 0 bridgehead atoms. The number of benzene rings is 1. The second kappa shape index (κ2) is 7.70. The van der Waals surface area contributed by atoms with Crippen LogP contribution in [0, 0.1) is 17.2 Å². The minimum Gasteiger partial charge on any atom is -0.481 e. The highest BCUT2D eigenvalue weighted by molar-refractivity contribution is 6.33. The number of aliphatic hydroxyl groups is 1. The lowest BCUT2D eigenvalue weighted by molar-refractivity contribution is -0.163. The molecule has 5 nitrogen and oxygen atoms in total. The molecular formula is C18H23ClFNO4. The molecule has 1 fully saturated rings. The van der Waals surface area contributed by atoms with Crippen LogP contribution in [0.3, 0.4) is 0 Å². The van der Waals surface area contributed by atoms with Crippen molar-refractivity contribution in [3.05, 3.63) is 34.6 Å². The van der Waals surface area contributed by atoms with Crippen molar-refractivity contribution >= 4 is 23.5 Å².